The van der Waals surface area contributed by atoms with Crippen molar-refractivity contribution in [2.75, 3.05) is 16.2 Å². The topological polar surface area (TPSA) is 79.4 Å². The van der Waals surface area contributed by atoms with E-state index < -0.39 is 10.0 Å². The number of rotatable bonds is 4. The molecule has 1 aliphatic heterocycles. The molecule has 1 amide bonds. The van der Waals surface area contributed by atoms with Gasteiger partial charge in [0.2, 0.25) is 0 Å². The Labute approximate surface area is 155 Å². The summed E-state index contributed by atoms with van der Waals surface area (Å²) >= 11 is 1.17. The molecule has 0 aliphatic carbocycles. The van der Waals surface area contributed by atoms with Crippen LogP contribution in [0.2, 0.25) is 0 Å². The van der Waals surface area contributed by atoms with E-state index in [0.29, 0.717) is 24.2 Å². The standard InChI is InChI=1S/C18H15N3O3S2/c22-18(14-3-1-8-19-12-14)21-9-7-13-11-15(5-6-16(13)21)20-26(23,24)17-4-2-10-25-17/h1-6,8,10-12,20H,7,9H2. The second-order valence-corrected chi connectivity index (χ2v) is 8.69. The second kappa shape index (κ2) is 6.54. The van der Waals surface area contributed by atoms with Gasteiger partial charge in [-0.2, -0.15) is 0 Å². The van der Waals surface area contributed by atoms with E-state index in [1.54, 1.807) is 65.1 Å². The van der Waals surface area contributed by atoms with Crippen molar-refractivity contribution in [3.63, 3.8) is 0 Å². The van der Waals surface area contributed by atoms with Crippen molar-refractivity contribution in [1.82, 2.24) is 4.98 Å². The van der Waals surface area contributed by atoms with Crippen LogP contribution in [0.1, 0.15) is 15.9 Å². The van der Waals surface area contributed by atoms with Gasteiger partial charge in [0.25, 0.3) is 15.9 Å². The fourth-order valence-corrected chi connectivity index (χ4v) is 4.99. The van der Waals surface area contributed by atoms with E-state index in [-0.39, 0.29) is 10.1 Å². The number of nitrogens with one attached hydrogen (secondary N) is 1. The molecule has 26 heavy (non-hydrogen) atoms. The average molecular weight is 385 g/mol. The number of benzene rings is 1. The third-order valence-corrected chi connectivity index (χ3v) is 6.92. The number of sulfonamides is 1. The molecule has 0 bridgehead atoms. The predicted molar refractivity (Wildman–Crippen MR) is 101 cm³/mol. The third-order valence-electron chi connectivity index (χ3n) is 4.14. The number of hydrogen-bond acceptors (Lipinski definition) is 5. The van der Waals surface area contributed by atoms with Crippen LogP contribution in [-0.4, -0.2) is 25.9 Å². The summed E-state index contributed by atoms with van der Waals surface area (Å²) < 4.78 is 27.6. The highest BCUT2D eigenvalue weighted by atomic mass is 32.2. The number of hydrogen-bond donors (Lipinski definition) is 1. The van der Waals surface area contributed by atoms with Crippen LogP contribution in [0.5, 0.6) is 0 Å². The van der Waals surface area contributed by atoms with Gasteiger partial charge in [-0.05, 0) is 53.8 Å². The van der Waals surface area contributed by atoms with Gasteiger partial charge in [-0.15, -0.1) is 11.3 Å². The lowest BCUT2D eigenvalue weighted by Crippen LogP contribution is -2.28. The first-order valence-electron chi connectivity index (χ1n) is 7.96. The van der Waals surface area contributed by atoms with E-state index in [9.17, 15) is 13.2 Å². The summed E-state index contributed by atoms with van der Waals surface area (Å²) in [7, 11) is -3.58. The Morgan fingerprint density at radius 1 is 1.19 bits per heavy atom. The second-order valence-electron chi connectivity index (χ2n) is 5.83. The fraction of sp³-hybridized carbons (Fsp3) is 0.111. The van der Waals surface area contributed by atoms with Gasteiger partial charge < -0.3 is 4.90 Å². The molecule has 1 aromatic carbocycles. The molecule has 0 saturated carbocycles. The highest BCUT2D eigenvalue weighted by Gasteiger charge is 2.26. The van der Waals surface area contributed by atoms with Crippen LogP contribution in [0, 0.1) is 0 Å². The zero-order valence-corrected chi connectivity index (χ0v) is 15.3. The van der Waals surface area contributed by atoms with Crippen LogP contribution in [0.15, 0.2) is 64.4 Å². The Bertz CT molecular complexity index is 1050. The fourth-order valence-electron chi connectivity index (χ4n) is 2.94. The zero-order chi connectivity index (χ0) is 18.1. The Hall–Kier alpha value is -2.71. The maximum atomic E-state index is 12.7. The van der Waals surface area contributed by atoms with Gasteiger partial charge in [-0.3, -0.25) is 14.5 Å². The Morgan fingerprint density at radius 3 is 2.81 bits per heavy atom. The largest absolute Gasteiger partial charge is 0.308 e. The van der Waals surface area contributed by atoms with Crippen molar-refractivity contribution in [2.45, 2.75) is 10.6 Å². The van der Waals surface area contributed by atoms with Crippen LogP contribution in [-0.2, 0) is 16.4 Å². The van der Waals surface area contributed by atoms with Crippen molar-refractivity contribution >= 4 is 38.6 Å². The minimum Gasteiger partial charge on any atom is -0.308 e. The molecule has 0 spiro atoms. The summed E-state index contributed by atoms with van der Waals surface area (Å²) in [5, 5.41) is 1.72. The van der Waals surface area contributed by atoms with Gasteiger partial charge >= 0.3 is 0 Å². The number of nitrogens with zero attached hydrogens (tertiary/aromatic N) is 2. The first kappa shape index (κ1) is 16.7. The van der Waals surface area contributed by atoms with Crippen molar-refractivity contribution in [3.05, 3.63) is 71.4 Å². The Kier molecular flexibility index (Phi) is 4.21. The van der Waals surface area contributed by atoms with E-state index in [2.05, 4.69) is 9.71 Å². The Balaban J connectivity index is 1.58. The molecule has 6 nitrogen and oxygen atoms in total. The summed E-state index contributed by atoms with van der Waals surface area (Å²) in [5.74, 6) is -0.108. The number of anilines is 2. The van der Waals surface area contributed by atoms with Crippen LogP contribution < -0.4 is 9.62 Å². The average Bonchev–Trinajstić information content (AvgIpc) is 3.31. The van der Waals surface area contributed by atoms with Crippen molar-refractivity contribution in [3.8, 4) is 0 Å². The molecule has 4 rings (SSSR count). The summed E-state index contributed by atoms with van der Waals surface area (Å²) in [4.78, 5) is 18.3. The molecule has 2 aromatic heterocycles. The molecule has 8 heteroatoms. The van der Waals surface area contributed by atoms with E-state index in [0.717, 1.165) is 11.3 Å². The molecule has 3 heterocycles. The summed E-state index contributed by atoms with van der Waals surface area (Å²) in [6.45, 7) is 0.560. The van der Waals surface area contributed by atoms with Crippen molar-refractivity contribution < 1.29 is 13.2 Å². The molecule has 3 aromatic rings. The number of pyridine rings is 1. The number of carbonyl (C=O) groups excluding carboxylic acids is 1. The maximum Gasteiger partial charge on any atom is 0.271 e. The molecule has 1 N–H and O–H groups in total. The van der Waals surface area contributed by atoms with Crippen LogP contribution in [0.4, 0.5) is 11.4 Å². The van der Waals surface area contributed by atoms with Gasteiger partial charge in [0.05, 0.1) is 5.56 Å². The quantitative estimate of drug-likeness (QED) is 0.748. The summed E-state index contributed by atoms with van der Waals surface area (Å²) in [6.07, 6.45) is 3.85. The number of amides is 1. The number of aromatic nitrogens is 1. The zero-order valence-electron chi connectivity index (χ0n) is 13.6. The molecule has 0 unspecified atom stereocenters. The molecular weight excluding hydrogens is 370 g/mol. The molecule has 0 radical (unpaired) electrons. The normalized spacial score (nSPS) is 13.5. The monoisotopic (exact) mass is 385 g/mol. The summed E-state index contributed by atoms with van der Waals surface area (Å²) in [5.41, 5.74) is 2.77. The molecule has 0 fully saturated rings. The van der Waals surface area contributed by atoms with Crippen LogP contribution >= 0.6 is 11.3 Å². The van der Waals surface area contributed by atoms with Crippen molar-refractivity contribution in [2.24, 2.45) is 0 Å². The number of fused-ring (bicyclic) bond motifs is 1. The van der Waals surface area contributed by atoms with Gasteiger partial charge in [0.15, 0.2) is 0 Å². The molecular formula is C18H15N3O3S2. The number of carbonyl (C=O) groups is 1. The van der Waals surface area contributed by atoms with E-state index >= 15 is 0 Å². The summed E-state index contributed by atoms with van der Waals surface area (Å²) in [6, 6.07) is 12.0. The SMILES string of the molecule is O=C(c1cccnc1)N1CCc2cc(NS(=O)(=O)c3cccs3)ccc21. The first-order chi connectivity index (χ1) is 12.5. The maximum absolute atomic E-state index is 12.7. The van der Waals surface area contributed by atoms with E-state index in [4.69, 9.17) is 0 Å². The highest BCUT2D eigenvalue weighted by molar-refractivity contribution is 7.94. The smallest absolute Gasteiger partial charge is 0.271 e. The highest BCUT2D eigenvalue weighted by Crippen LogP contribution is 2.32. The Morgan fingerprint density at radius 2 is 2.08 bits per heavy atom. The van der Waals surface area contributed by atoms with Crippen LogP contribution in [0.25, 0.3) is 0 Å². The van der Waals surface area contributed by atoms with Crippen molar-refractivity contribution in [1.29, 1.82) is 0 Å². The third kappa shape index (κ3) is 3.09. The lowest BCUT2D eigenvalue weighted by atomic mass is 10.1. The van der Waals surface area contributed by atoms with Gasteiger partial charge in [0.1, 0.15) is 4.21 Å². The van der Waals surface area contributed by atoms with Crippen LogP contribution in [0.3, 0.4) is 0 Å². The lowest BCUT2D eigenvalue weighted by Gasteiger charge is -2.17. The predicted octanol–water partition coefficient (Wildman–Crippen LogP) is 3.15. The lowest BCUT2D eigenvalue weighted by molar-refractivity contribution is 0.0989. The molecule has 0 atom stereocenters. The first-order valence-corrected chi connectivity index (χ1v) is 10.3. The minimum absolute atomic E-state index is 0.108. The molecule has 132 valence electrons. The van der Waals surface area contributed by atoms with E-state index in [1.807, 2.05) is 0 Å². The minimum atomic E-state index is -3.58. The van der Waals surface area contributed by atoms with Gasteiger partial charge in [-0.25, -0.2) is 8.42 Å². The van der Waals surface area contributed by atoms with Gasteiger partial charge in [0, 0.05) is 30.3 Å². The van der Waals surface area contributed by atoms with E-state index in [1.165, 1.54) is 11.3 Å². The molecule has 1 aliphatic rings. The molecule has 0 saturated heterocycles. The number of thiophene rings is 1. The van der Waals surface area contributed by atoms with Gasteiger partial charge in [-0.1, -0.05) is 6.07 Å².